The average molecular weight is 493 g/mol. The highest BCUT2D eigenvalue weighted by Gasteiger charge is 2.47. The number of H-pyrrole nitrogens is 1. The topological polar surface area (TPSA) is 85.0 Å². The van der Waals surface area contributed by atoms with E-state index in [2.05, 4.69) is 14.8 Å². The van der Waals surface area contributed by atoms with Crippen molar-refractivity contribution in [3.63, 3.8) is 0 Å². The first-order valence-electron chi connectivity index (χ1n) is 13.5. The number of likely N-dealkylation sites (tertiary alicyclic amines) is 1. The first kappa shape index (κ1) is 23.6. The van der Waals surface area contributed by atoms with Crippen molar-refractivity contribution < 1.29 is 9.53 Å². The quantitative estimate of drug-likeness (QED) is 0.691. The monoisotopic (exact) mass is 492 g/mol. The van der Waals surface area contributed by atoms with Crippen LogP contribution >= 0.6 is 0 Å². The highest BCUT2D eigenvalue weighted by Crippen LogP contribution is 2.43. The molecule has 3 saturated heterocycles. The maximum absolute atomic E-state index is 14.1. The number of para-hydroxylation sites is 1. The molecule has 9 heteroatoms. The van der Waals surface area contributed by atoms with Gasteiger partial charge in [-0.05, 0) is 50.9 Å². The SMILES string of the molecule is O=C1N(c2ccccc2)c2nc(CCN3CCOCC3)[nH]c(=O)c2C2C(N3CCCC3)CCCCN12. The normalized spacial score (nSPS) is 25.5. The van der Waals surface area contributed by atoms with Gasteiger partial charge in [0.1, 0.15) is 5.82 Å². The van der Waals surface area contributed by atoms with Gasteiger partial charge >= 0.3 is 6.03 Å². The van der Waals surface area contributed by atoms with Crippen molar-refractivity contribution in [1.82, 2.24) is 24.7 Å². The van der Waals surface area contributed by atoms with Crippen LogP contribution in [-0.2, 0) is 11.2 Å². The van der Waals surface area contributed by atoms with Crippen LogP contribution in [0.4, 0.5) is 16.3 Å². The number of benzene rings is 1. The molecule has 0 bridgehead atoms. The number of rotatable bonds is 5. The zero-order valence-electron chi connectivity index (χ0n) is 20.9. The highest BCUT2D eigenvalue weighted by molar-refractivity contribution is 6.01. The fraction of sp³-hybridized carbons (Fsp3) is 0.593. The molecule has 4 aliphatic rings. The number of ether oxygens (including phenoxy) is 1. The summed E-state index contributed by atoms with van der Waals surface area (Å²) >= 11 is 0. The number of carbonyl (C=O) groups is 1. The van der Waals surface area contributed by atoms with Crippen LogP contribution in [0.3, 0.4) is 0 Å². The van der Waals surface area contributed by atoms with E-state index in [4.69, 9.17) is 9.72 Å². The second kappa shape index (κ2) is 10.3. The molecule has 2 unspecified atom stereocenters. The van der Waals surface area contributed by atoms with E-state index in [1.165, 1.54) is 12.8 Å². The van der Waals surface area contributed by atoms with Gasteiger partial charge < -0.3 is 14.6 Å². The van der Waals surface area contributed by atoms with E-state index in [0.29, 0.717) is 30.2 Å². The van der Waals surface area contributed by atoms with E-state index >= 15 is 0 Å². The van der Waals surface area contributed by atoms with Gasteiger partial charge in [-0.1, -0.05) is 24.6 Å². The fourth-order valence-corrected chi connectivity index (χ4v) is 6.35. The molecule has 36 heavy (non-hydrogen) atoms. The lowest BCUT2D eigenvalue weighted by molar-refractivity contribution is 0.0382. The first-order valence-corrected chi connectivity index (χ1v) is 13.5. The number of nitrogens with zero attached hydrogens (tertiary/aromatic N) is 5. The number of aromatic nitrogens is 2. The van der Waals surface area contributed by atoms with Gasteiger partial charge in [0.2, 0.25) is 0 Å². The van der Waals surface area contributed by atoms with Crippen LogP contribution in [0.25, 0.3) is 0 Å². The summed E-state index contributed by atoms with van der Waals surface area (Å²) in [5.74, 6) is 1.15. The number of carbonyl (C=O) groups excluding carboxylic acids is 1. The molecule has 1 aromatic heterocycles. The third-order valence-corrected chi connectivity index (χ3v) is 8.17. The Morgan fingerprint density at radius 1 is 0.944 bits per heavy atom. The summed E-state index contributed by atoms with van der Waals surface area (Å²) in [6, 6.07) is 9.46. The smallest absolute Gasteiger partial charge is 0.330 e. The Balaban J connectivity index is 1.43. The number of fused-ring (bicyclic) bond motifs is 3. The van der Waals surface area contributed by atoms with Gasteiger partial charge in [-0.15, -0.1) is 0 Å². The van der Waals surface area contributed by atoms with Crippen molar-refractivity contribution in [3.05, 3.63) is 52.1 Å². The summed E-state index contributed by atoms with van der Waals surface area (Å²) in [6.45, 7) is 6.77. The van der Waals surface area contributed by atoms with E-state index in [1.54, 1.807) is 4.90 Å². The molecule has 192 valence electrons. The summed E-state index contributed by atoms with van der Waals surface area (Å²) in [4.78, 5) is 44.5. The number of aromatic amines is 1. The molecule has 0 spiro atoms. The number of anilines is 2. The van der Waals surface area contributed by atoms with Crippen molar-refractivity contribution in [1.29, 1.82) is 0 Å². The van der Waals surface area contributed by atoms with Crippen molar-refractivity contribution >= 4 is 17.5 Å². The van der Waals surface area contributed by atoms with Crippen LogP contribution < -0.4 is 10.5 Å². The van der Waals surface area contributed by atoms with Crippen LogP contribution in [0.15, 0.2) is 35.1 Å². The predicted octanol–water partition coefficient (Wildman–Crippen LogP) is 2.91. The molecule has 6 rings (SSSR count). The van der Waals surface area contributed by atoms with Crippen molar-refractivity contribution in [2.24, 2.45) is 0 Å². The minimum absolute atomic E-state index is 0.0676. The molecule has 0 radical (unpaired) electrons. The standard InChI is InChI=1S/C27H36N6O3/c34-26-23-24-21(31-12-6-7-13-31)10-4-5-14-32(24)27(35)33(20-8-2-1-3-9-20)25(23)28-22(29-26)11-15-30-16-18-36-19-17-30/h1-3,8-9,21,24H,4-7,10-19H2,(H,28,29,34). The Kier molecular flexibility index (Phi) is 6.77. The minimum atomic E-state index is -0.266. The second-order valence-electron chi connectivity index (χ2n) is 10.4. The van der Waals surface area contributed by atoms with Crippen LogP contribution in [0.2, 0.25) is 0 Å². The summed E-state index contributed by atoms with van der Waals surface area (Å²) in [5.41, 5.74) is 1.29. The Morgan fingerprint density at radius 3 is 2.47 bits per heavy atom. The molecule has 0 aliphatic carbocycles. The van der Waals surface area contributed by atoms with E-state index in [9.17, 15) is 9.59 Å². The molecule has 3 fully saturated rings. The molecule has 5 heterocycles. The maximum Gasteiger partial charge on any atom is 0.330 e. The highest BCUT2D eigenvalue weighted by atomic mass is 16.5. The molecule has 0 saturated carbocycles. The molecule has 1 aromatic carbocycles. The molecular weight excluding hydrogens is 456 g/mol. The minimum Gasteiger partial charge on any atom is -0.379 e. The fourth-order valence-electron chi connectivity index (χ4n) is 6.35. The summed E-state index contributed by atoms with van der Waals surface area (Å²) < 4.78 is 5.46. The van der Waals surface area contributed by atoms with Gasteiger partial charge in [-0.2, -0.15) is 0 Å². The lowest BCUT2D eigenvalue weighted by atomic mass is 9.93. The number of hydrogen-bond acceptors (Lipinski definition) is 6. The van der Waals surface area contributed by atoms with Crippen molar-refractivity contribution in [2.45, 2.75) is 50.6 Å². The van der Waals surface area contributed by atoms with E-state index in [-0.39, 0.29) is 23.7 Å². The molecule has 2 atom stereocenters. The number of morpholine rings is 1. The zero-order chi connectivity index (χ0) is 24.5. The second-order valence-corrected chi connectivity index (χ2v) is 10.4. The molecule has 1 N–H and O–H groups in total. The van der Waals surface area contributed by atoms with Crippen LogP contribution in [0.5, 0.6) is 0 Å². The van der Waals surface area contributed by atoms with E-state index < -0.39 is 0 Å². The van der Waals surface area contributed by atoms with Gasteiger partial charge in [0.25, 0.3) is 5.56 Å². The number of amides is 2. The van der Waals surface area contributed by atoms with Crippen LogP contribution in [0.1, 0.15) is 49.5 Å². The Labute approximate surface area is 212 Å². The third kappa shape index (κ3) is 4.44. The van der Waals surface area contributed by atoms with Gasteiger partial charge in [0.05, 0.1) is 30.5 Å². The van der Waals surface area contributed by atoms with E-state index in [1.807, 2.05) is 35.2 Å². The zero-order valence-corrected chi connectivity index (χ0v) is 20.9. The lowest BCUT2D eigenvalue weighted by Gasteiger charge is -2.45. The number of urea groups is 1. The number of nitrogens with one attached hydrogen (secondary N) is 1. The largest absolute Gasteiger partial charge is 0.379 e. The summed E-state index contributed by atoms with van der Waals surface area (Å²) in [6.07, 6.45) is 5.99. The van der Waals surface area contributed by atoms with Gasteiger partial charge in [-0.25, -0.2) is 14.7 Å². The molecular formula is C27H36N6O3. The lowest BCUT2D eigenvalue weighted by Crippen LogP contribution is -2.55. The van der Waals surface area contributed by atoms with Gasteiger partial charge in [0, 0.05) is 38.6 Å². The molecule has 4 aliphatic heterocycles. The van der Waals surface area contributed by atoms with Crippen molar-refractivity contribution in [3.8, 4) is 0 Å². The number of hydrogen-bond donors (Lipinski definition) is 1. The van der Waals surface area contributed by atoms with Gasteiger partial charge in [0.15, 0.2) is 5.82 Å². The van der Waals surface area contributed by atoms with Crippen molar-refractivity contribution in [2.75, 3.05) is 57.4 Å². The molecule has 9 nitrogen and oxygen atoms in total. The first-order chi connectivity index (χ1) is 17.7. The van der Waals surface area contributed by atoms with Crippen LogP contribution in [0, 0.1) is 0 Å². The Morgan fingerprint density at radius 2 is 1.69 bits per heavy atom. The Bertz CT molecular complexity index is 1130. The van der Waals surface area contributed by atoms with E-state index in [0.717, 1.165) is 70.9 Å². The molecule has 2 aromatic rings. The van der Waals surface area contributed by atoms with Crippen LogP contribution in [-0.4, -0.2) is 89.2 Å². The average Bonchev–Trinajstić information content (AvgIpc) is 3.35. The summed E-state index contributed by atoms with van der Waals surface area (Å²) in [5, 5.41) is 0. The molecule has 2 amide bonds. The van der Waals surface area contributed by atoms with Gasteiger partial charge in [-0.3, -0.25) is 14.6 Å². The Hall–Kier alpha value is -2.75. The predicted molar refractivity (Wildman–Crippen MR) is 138 cm³/mol. The maximum atomic E-state index is 14.1. The summed E-state index contributed by atoms with van der Waals surface area (Å²) in [7, 11) is 0. The third-order valence-electron chi connectivity index (χ3n) is 8.17.